The first-order valence-electron chi connectivity index (χ1n) is 4.40. The van der Waals surface area contributed by atoms with Gasteiger partial charge in [0.25, 0.3) is 0 Å². The van der Waals surface area contributed by atoms with Gasteiger partial charge in [0.05, 0.1) is 11.6 Å². The second-order valence-electron chi connectivity index (χ2n) is 3.05. The third kappa shape index (κ3) is 1.24. The minimum Gasteiger partial charge on any atom is -0.506 e. The molecule has 1 aromatic heterocycles. The molecule has 0 bridgehead atoms. The number of nitrogens with zero attached hydrogens (tertiary/aromatic N) is 1. The number of fused-ring (bicyclic) bond motifs is 1. The quantitative estimate of drug-likeness (QED) is 0.774. The van der Waals surface area contributed by atoms with Crippen molar-refractivity contribution >= 4 is 21.4 Å². The lowest BCUT2D eigenvalue weighted by atomic mass is 10.1. The molecule has 3 heteroatoms. The molecule has 1 heterocycles. The second-order valence-corrected chi connectivity index (χ2v) is 4.19. The molecule has 0 saturated carbocycles. The Bertz CT molecular complexity index is 522. The largest absolute Gasteiger partial charge is 0.506 e. The molecule has 0 atom stereocenters. The molecule has 0 radical (unpaired) electrons. The molecule has 70 valence electrons. The second kappa shape index (κ2) is 3.32. The summed E-state index contributed by atoms with van der Waals surface area (Å²) in [5.74, 6) is 0.372. The Morgan fingerprint density at radius 1 is 1.50 bits per heavy atom. The molecule has 0 spiro atoms. The van der Waals surface area contributed by atoms with E-state index in [0.717, 1.165) is 21.4 Å². The van der Waals surface area contributed by atoms with E-state index >= 15 is 0 Å². The summed E-state index contributed by atoms with van der Waals surface area (Å²) in [7, 11) is 0. The lowest BCUT2D eigenvalue weighted by Gasteiger charge is -1.91. The van der Waals surface area contributed by atoms with Gasteiger partial charge in [-0.25, -0.2) is 0 Å². The Kier molecular flexibility index (Phi) is 2.14. The molecule has 0 unspecified atom stereocenters. The first-order chi connectivity index (χ1) is 6.76. The molecule has 0 fully saturated rings. The zero-order chi connectivity index (χ0) is 10.1. The zero-order valence-corrected chi connectivity index (χ0v) is 8.56. The smallest absolute Gasteiger partial charge is 0.137 e. The Balaban J connectivity index is 2.74. The molecule has 1 aromatic carbocycles. The fourth-order valence-corrected chi connectivity index (χ4v) is 2.52. The Morgan fingerprint density at radius 2 is 2.29 bits per heavy atom. The molecular formula is C11H9NOS. The van der Waals surface area contributed by atoms with Crippen molar-refractivity contribution in [3.8, 4) is 11.8 Å². The highest BCUT2D eigenvalue weighted by Gasteiger charge is 2.09. The van der Waals surface area contributed by atoms with Crippen LogP contribution < -0.4 is 0 Å². The van der Waals surface area contributed by atoms with Gasteiger partial charge in [0.15, 0.2) is 0 Å². The predicted molar refractivity (Wildman–Crippen MR) is 57.6 cm³/mol. The molecule has 1 N–H and O–H groups in total. The molecule has 0 saturated heterocycles. The van der Waals surface area contributed by atoms with E-state index in [4.69, 9.17) is 5.26 Å². The van der Waals surface area contributed by atoms with Crippen LogP contribution in [-0.4, -0.2) is 5.11 Å². The maximum absolute atomic E-state index is 9.78. The highest BCUT2D eigenvalue weighted by atomic mass is 32.1. The summed E-state index contributed by atoms with van der Waals surface area (Å²) in [6.07, 6.45) is 0.826. The van der Waals surface area contributed by atoms with Crippen molar-refractivity contribution in [3.63, 3.8) is 0 Å². The van der Waals surface area contributed by atoms with Gasteiger partial charge >= 0.3 is 0 Å². The summed E-state index contributed by atoms with van der Waals surface area (Å²) >= 11 is 1.55. The van der Waals surface area contributed by atoms with E-state index in [0.29, 0.717) is 11.3 Å². The maximum atomic E-state index is 9.78. The number of thiophene rings is 1. The molecule has 2 rings (SSSR count). The monoisotopic (exact) mass is 203 g/mol. The third-order valence-electron chi connectivity index (χ3n) is 2.18. The summed E-state index contributed by atoms with van der Waals surface area (Å²) in [5.41, 5.74) is 0.640. The number of nitriles is 1. The van der Waals surface area contributed by atoms with Crippen LogP contribution >= 0.6 is 11.3 Å². The van der Waals surface area contributed by atoms with Gasteiger partial charge in [0, 0.05) is 15.0 Å². The minimum absolute atomic E-state index is 0.372. The van der Waals surface area contributed by atoms with Crippen LogP contribution in [0.25, 0.3) is 10.1 Å². The number of hydrogen-bond donors (Lipinski definition) is 1. The van der Waals surface area contributed by atoms with Crippen LogP contribution in [0.1, 0.15) is 17.4 Å². The molecule has 0 amide bonds. The number of hydrogen-bond acceptors (Lipinski definition) is 3. The lowest BCUT2D eigenvalue weighted by Crippen LogP contribution is -1.72. The number of aromatic hydroxyl groups is 1. The van der Waals surface area contributed by atoms with Gasteiger partial charge in [-0.05, 0) is 24.6 Å². The Morgan fingerprint density at radius 3 is 2.93 bits per heavy atom. The Hall–Kier alpha value is -1.53. The first-order valence-corrected chi connectivity index (χ1v) is 5.22. The molecule has 0 aliphatic carbocycles. The summed E-state index contributed by atoms with van der Waals surface area (Å²) < 4.78 is 0.985. The van der Waals surface area contributed by atoms with Crippen LogP contribution in [0.4, 0.5) is 0 Å². The van der Waals surface area contributed by atoms with E-state index in [-0.39, 0.29) is 0 Å². The average Bonchev–Trinajstić information content (AvgIpc) is 2.55. The van der Waals surface area contributed by atoms with Crippen LogP contribution in [0.2, 0.25) is 0 Å². The SMILES string of the molecule is CCc1sc2cc(C#N)ccc2c1O. The highest BCUT2D eigenvalue weighted by Crippen LogP contribution is 2.37. The fraction of sp³-hybridized carbons (Fsp3) is 0.182. The highest BCUT2D eigenvalue weighted by molar-refractivity contribution is 7.19. The third-order valence-corrected chi connectivity index (χ3v) is 3.47. The van der Waals surface area contributed by atoms with Crippen LogP contribution in [0, 0.1) is 11.3 Å². The maximum Gasteiger partial charge on any atom is 0.137 e. The molecule has 2 aromatic rings. The van der Waals surface area contributed by atoms with Gasteiger partial charge in [-0.1, -0.05) is 6.92 Å². The number of rotatable bonds is 1. The fourth-order valence-electron chi connectivity index (χ4n) is 1.44. The molecule has 0 aliphatic rings. The van der Waals surface area contributed by atoms with Crippen LogP contribution in [0.15, 0.2) is 18.2 Å². The molecule has 14 heavy (non-hydrogen) atoms. The zero-order valence-electron chi connectivity index (χ0n) is 7.74. The standard InChI is InChI=1S/C11H9NOS/c1-2-9-11(13)8-4-3-7(6-12)5-10(8)14-9/h3-5,13H,2H2,1H3. The van der Waals surface area contributed by atoms with Crippen molar-refractivity contribution in [3.05, 3.63) is 28.6 Å². The first kappa shape index (κ1) is 9.04. The van der Waals surface area contributed by atoms with Crippen molar-refractivity contribution in [2.75, 3.05) is 0 Å². The van der Waals surface area contributed by atoms with E-state index < -0.39 is 0 Å². The van der Waals surface area contributed by atoms with E-state index in [2.05, 4.69) is 6.07 Å². The van der Waals surface area contributed by atoms with Gasteiger partial charge in [-0.15, -0.1) is 11.3 Å². The molecule has 2 nitrogen and oxygen atoms in total. The minimum atomic E-state index is 0.372. The predicted octanol–water partition coefficient (Wildman–Crippen LogP) is 3.04. The van der Waals surface area contributed by atoms with Crippen LogP contribution in [-0.2, 0) is 6.42 Å². The number of aryl methyl sites for hydroxylation is 1. The van der Waals surface area contributed by atoms with Gasteiger partial charge in [-0.2, -0.15) is 5.26 Å². The normalized spacial score (nSPS) is 10.3. The van der Waals surface area contributed by atoms with Crippen molar-refractivity contribution in [1.82, 2.24) is 0 Å². The lowest BCUT2D eigenvalue weighted by molar-refractivity contribution is 0.478. The van der Waals surface area contributed by atoms with Gasteiger partial charge < -0.3 is 5.11 Å². The summed E-state index contributed by atoms with van der Waals surface area (Å²) in [6, 6.07) is 7.44. The van der Waals surface area contributed by atoms with Crippen LogP contribution in [0.5, 0.6) is 5.75 Å². The van der Waals surface area contributed by atoms with Gasteiger partial charge in [0.1, 0.15) is 5.75 Å². The topological polar surface area (TPSA) is 44.0 Å². The van der Waals surface area contributed by atoms with Gasteiger partial charge in [-0.3, -0.25) is 0 Å². The molecule has 0 aliphatic heterocycles. The summed E-state index contributed by atoms with van der Waals surface area (Å²) in [5, 5.41) is 19.4. The number of benzene rings is 1. The average molecular weight is 203 g/mol. The van der Waals surface area contributed by atoms with Crippen molar-refractivity contribution in [2.45, 2.75) is 13.3 Å². The van der Waals surface area contributed by atoms with E-state index in [1.807, 2.05) is 13.0 Å². The Labute approximate surface area is 86.0 Å². The van der Waals surface area contributed by atoms with Crippen LogP contribution in [0.3, 0.4) is 0 Å². The van der Waals surface area contributed by atoms with E-state index in [9.17, 15) is 5.11 Å². The summed E-state index contributed by atoms with van der Waals surface area (Å²) in [4.78, 5) is 0.982. The molecular weight excluding hydrogens is 194 g/mol. The van der Waals surface area contributed by atoms with E-state index in [1.54, 1.807) is 23.5 Å². The van der Waals surface area contributed by atoms with Crippen molar-refractivity contribution in [1.29, 1.82) is 5.26 Å². The van der Waals surface area contributed by atoms with Crippen molar-refractivity contribution < 1.29 is 5.11 Å². The summed E-state index contributed by atoms with van der Waals surface area (Å²) in [6.45, 7) is 2.01. The van der Waals surface area contributed by atoms with Crippen molar-refractivity contribution in [2.24, 2.45) is 0 Å². The van der Waals surface area contributed by atoms with Gasteiger partial charge in [0.2, 0.25) is 0 Å². The van der Waals surface area contributed by atoms with E-state index in [1.165, 1.54) is 0 Å².